The predicted octanol–water partition coefficient (Wildman–Crippen LogP) is 0.876. The summed E-state index contributed by atoms with van der Waals surface area (Å²) in [6.07, 6.45) is 5.16. The van der Waals surface area contributed by atoms with E-state index in [4.69, 9.17) is 11.2 Å². The third kappa shape index (κ3) is 1.70. The van der Waals surface area contributed by atoms with Crippen LogP contribution in [0.15, 0.2) is 0 Å². The molecule has 0 amide bonds. The molecule has 0 spiro atoms. The predicted molar refractivity (Wildman–Crippen MR) is 47.2 cm³/mol. The molecule has 0 radical (unpaired) electrons. The molecule has 0 fully saturated rings. The van der Waals surface area contributed by atoms with E-state index in [2.05, 4.69) is 16.1 Å². The smallest absolute Gasteiger partial charge is 0.342 e. The second kappa shape index (κ2) is 3.76. The zero-order valence-corrected chi connectivity index (χ0v) is 7.55. The van der Waals surface area contributed by atoms with Crippen LogP contribution in [-0.4, -0.2) is 22.8 Å². The number of hydrogen-bond acceptors (Lipinski definition) is 3. The Morgan fingerprint density at radius 2 is 2.46 bits per heavy atom. The molecule has 4 heteroatoms. The molecule has 0 saturated heterocycles. The van der Waals surface area contributed by atoms with Gasteiger partial charge in [0.05, 0.1) is 6.61 Å². The maximum absolute atomic E-state index is 11.3. The highest BCUT2D eigenvalue weighted by atomic mass is 16.5. The Labute approximate surface area is 76.3 Å². The number of carbonyl (C=O) groups excluding carboxylic acids is 1. The number of ether oxygens (including phenoxy) is 1. The van der Waals surface area contributed by atoms with Crippen molar-refractivity contribution >= 4 is 5.97 Å². The second-order valence-corrected chi connectivity index (χ2v) is 2.44. The fourth-order valence-electron chi connectivity index (χ4n) is 0.987. The van der Waals surface area contributed by atoms with E-state index >= 15 is 0 Å². The van der Waals surface area contributed by atoms with Gasteiger partial charge in [-0.25, -0.2) is 4.79 Å². The van der Waals surface area contributed by atoms with Crippen LogP contribution in [0.4, 0.5) is 0 Å². The summed E-state index contributed by atoms with van der Waals surface area (Å²) < 4.78 is 4.82. The monoisotopic (exact) mass is 178 g/mol. The van der Waals surface area contributed by atoms with Crippen molar-refractivity contribution in [2.75, 3.05) is 6.61 Å². The maximum Gasteiger partial charge on any atom is 0.342 e. The Morgan fingerprint density at radius 3 is 3.00 bits per heavy atom. The van der Waals surface area contributed by atoms with Crippen molar-refractivity contribution in [1.82, 2.24) is 10.2 Å². The van der Waals surface area contributed by atoms with Gasteiger partial charge in [-0.1, -0.05) is 0 Å². The van der Waals surface area contributed by atoms with E-state index in [0.29, 0.717) is 23.6 Å². The standard InChI is InChI=1S/C9H10N2O2/c1-4-7-8(6(3)10-11-7)9(12)13-5-2/h1H,5H2,2-3H3,(H,10,11). The lowest BCUT2D eigenvalue weighted by atomic mass is 10.2. The molecule has 1 heterocycles. The summed E-state index contributed by atoms with van der Waals surface area (Å²) in [5, 5.41) is 6.41. The molecule has 0 saturated carbocycles. The maximum atomic E-state index is 11.3. The van der Waals surface area contributed by atoms with Gasteiger partial charge in [0, 0.05) is 5.69 Å². The minimum absolute atomic E-state index is 0.302. The van der Waals surface area contributed by atoms with Crippen LogP contribution in [0, 0.1) is 19.3 Å². The molecule has 0 aliphatic heterocycles. The van der Waals surface area contributed by atoms with Gasteiger partial charge in [-0.3, -0.25) is 5.10 Å². The van der Waals surface area contributed by atoms with E-state index in [1.807, 2.05) is 0 Å². The number of aromatic amines is 1. The van der Waals surface area contributed by atoms with Crippen molar-refractivity contribution in [3.63, 3.8) is 0 Å². The zero-order chi connectivity index (χ0) is 9.84. The molecule has 0 aliphatic rings. The van der Waals surface area contributed by atoms with Gasteiger partial charge in [0.2, 0.25) is 0 Å². The summed E-state index contributed by atoms with van der Waals surface area (Å²) in [7, 11) is 0. The van der Waals surface area contributed by atoms with E-state index in [0.717, 1.165) is 0 Å². The number of nitrogens with one attached hydrogen (secondary N) is 1. The van der Waals surface area contributed by atoms with Crippen molar-refractivity contribution in [2.24, 2.45) is 0 Å². The van der Waals surface area contributed by atoms with Gasteiger partial charge in [0.1, 0.15) is 11.3 Å². The van der Waals surface area contributed by atoms with Crippen LogP contribution in [0.5, 0.6) is 0 Å². The quantitative estimate of drug-likeness (QED) is 0.540. The summed E-state index contributed by atoms with van der Waals surface area (Å²) in [5.74, 6) is 1.88. The molecule has 0 bridgehead atoms. The second-order valence-electron chi connectivity index (χ2n) is 2.44. The summed E-state index contributed by atoms with van der Waals surface area (Å²) in [5.41, 5.74) is 1.28. The lowest BCUT2D eigenvalue weighted by Crippen LogP contribution is -2.06. The van der Waals surface area contributed by atoms with Gasteiger partial charge in [-0.15, -0.1) is 6.42 Å². The Balaban J connectivity index is 3.05. The normalized spacial score (nSPS) is 9.31. The lowest BCUT2D eigenvalue weighted by molar-refractivity contribution is 0.0525. The van der Waals surface area contributed by atoms with E-state index in [9.17, 15) is 4.79 Å². The number of H-pyrrole nitrogens is 1. The highest BCUT2D eigenvalue weighted by Crippen LogP contribution is 2.10. The number of hydrogen-bond donors (Lipinski definition) is 1. The Kier molecular flexibility index (Phi) is 2.70. The first-order valence-electron chi connectivity index (χ1n) is 3.89. The van der Waals surface area contributed by atoms with Crippen LogP contribution in [0.3, 0.4) is 0 Å². The first-order chi connectivity index (χ1) is 6.20. The Morgan fingerprint density at radius 1 is 1.77 bits per heavy atom. The summed E-state index contributed by atoms with van der Waals surface area (Å²) in [6, 6.07) is 0. The SMILES string of the molecule is C#Cc1n[nH]c(C)c1C(=O)OCC. The van der Waals surface area contributed by atoms with Crippen molar-refractivity contribution in [2.45, 2.75) is 13.8 Å². The van der Waals surface area contributed by atoms with Crippen LogP contribution >= 0.6 is 0 Å². The first-order valence-corrected chi connectivity index (χ1v) is 3.89. The van der Waals surface area contributed by atoms with Gasteiger partial charge >= 0.3 is 5.97 Å². The first kappa shape index (κ1) is 9.33. The molecule has 0 unspecified atom stereocenters. The average Bonchev–Trinajstić information content (AvgIpc) is 2.47. The lowest BCUT2D eigenvalue weighted by Gasteiger charge is -1.99. The van der Waals surface area contributed by atoms with Crippen LogP contribution in [-0.2, 0) is 4.74 Å². The highest BCUT2D eigenvalue weighted by Gasteiger charge is 2.17. The number of carbonyl (C=O) groups is 1. The molecular formula is C9H10N2O2. The van der Waals surface area contributed by atoms with Crippen LogP contribution < -0.4 is 0 Å². The van der Waals surface area contributed by atoms with Gasteiger partial charge in [-0.2, -0.15) is 5.10 Å². The number of aryl methyl sites for hydroxylation is 1. The molecule has 0 aliphatic carbocycles. The van der Waals surface area contributed by atoms with Crippen molar-refractivity contribution < 1.29 is 9.53 Å². The minimum Gasteiger partial charge on any atom is -0.462 e. The van der Waals surface area contributed by atoms with Crippen LogP contribution in [0.1, 0.15) is 28.7 Å². The molecule has 4 nitrogen and oxygen atoms in total. The van der Waals surface area contributed by atoms with E-state index in [1.165, 1.54) is 0 Å². The average molecular weight is 178 g/mol. The van der Waals surface area contributed by atoms with Gasteiger partial charge in [0.25, 0.3) is 0 Å². The molecule has 1 aromatic heterocycles. The van der Waals surface area contributed by atoms with Crippen LogP contribution in [0.25, 0.3) is 0 Å². The van der Waals surface area contributed by atoms with Gasteiger partial charge in [-0.05, 0) is 19.8 Å². The van der Waals surface area contributed by atoms with E-state index in [-0.39, 0.29) is 0 Å². The molecule has 13 heavy (non-hydrogen) atoms. The zero-order valence-electron chi connectivity index (χ0n) is 7.55. The van der Waals surface area contributed by atoms with Crippen molar-refractivity contribution in [3.05, 3.63) is 17.0 Å². The topological polar surface area (TPSA) is 55.0 Å². The fraction of sp³-hybridized carbons (Fsp3) is 0.333. The largest absolute Gasteiger partial charge is 0.462 e. The number of aromatic nitrogens is 2. The summed E-state index contributed by atoms with van der Waals surface area (Å²) in [6.45, 7) is 3.79. The number of terminal acetylenes is 1. The number of esters is 1. The summed E-state index contributed by atoms with van der Waals surface area (Å²) >= 11 is 0. The van der Waals surface area contributed by atoms with E-state index < -0.39 is 5.97 Å². The van der Waals surface area contributed by atoms with Crippen molar-refractivity contribution in [1.29, 1.82) is 0 Å². The number of rotatable bonds is 2. The van der Waals surface area contributed by atoms with Gasteiger partial charge in [0.15, 0.2) is 0 Å². The molecule has 0 aromatic carbocycles. The fourth-order valence-corrected chi connectivity index (χ4v) is 0.987. The Hall–Kier alpha value is -1.76. The molecule has 68 valence electrons. The van der Waals surface area contributed by atoms with E-state index in [1.54, 1.807) is 13.8 Å². The minimum atomic E-state index is -0.429. The summed E-state index contributed by atoms with van der Waals surface area (Å²) in [4.78, 5) is 11.3. The molecule has 0 atom stereocenters. The van der Waals surface area contributed by atoms with Crippen LogP contribution in [0.2, 0.25) is 0 Å². The molecule has 1 aromatic rings. The Bertz CT molecular complexity index is 360. The third-order valence-electron chi connectivity index (χ3n) is 1.56. The highest BCUT2D eigenvalue weighted by molar-refractivity contribution is 5.92. The van der Waals surface area contributed by atoms with Crippen molar-refractivity contribution in [3.8, 4) is 12.3 Å². The number of nitrogens with zero attached hydrogens (tertiary/aromatic N) is 1. The molecule has 1 rings (SSSR count). The van der Waals surface area contributed by atoms with Gasteiger partial charge < -0.3 is 4.74 Å². The molecule has 1 N–H and O–H groups in total. The third-order valence-corrected chi connectivity index (χ3v) is 1.56. The molecular weight excluding hydrogens is 168 g/mol.